The highest BCUT2D eigenvalue weighted by Gasteiger charge is 2.15. The lowest BCUT2D eigenvalue weighted by atomic mass is 10.1. The maximum absolute atomic E-state index is 10.7. The average Bonchev–Trinajstić information content (AvgIpc) is 2.92. The molecule has 106 valence electrons. The van der Waals surface area contributed by atoms with E-state index in [9.17, 15) is 10.1 Å². The molecule has 1 aromatic heterocycles. The molecule has 0 atom stereocenters. The minimum absolute atomic E-state index is 0.0273. The molecule has 0 saturated heterocycles. The molecule has 0 aliphatic rings. The highest BCUT2D eigenvalue weighted by atomic mass is 16.6. The van der Waals surface area contributed by atoms with E-state index in [1.165, 1.54) is 19.2 Å². The Morgan fingerprint density at radius 1 is 1.50 bits per heavy atom. The lowest BCUT2D eigenvalue weighted by molar-refractivity contribution is -0.384. The van der Waals surface area contributed by atoms with Crippen molar-refractivity contribution in [2.24, 2.45) is 0 Å². The van der Waals surface area contributed by atoms with E-state index in [4.69, 9.17) is 9.15 Å². The zero-order valence-electron chi connectivity index (χ0n) is 11.3. The molecule has 0 aliphatic heterocycles. The molecule has 7 heteroatoms. The van der Waals surface area contributed by atoms with E-state index in [2.05, 4.69) is 10.3 Å². The Morgan fingerprint density at radius 3 is 2.95 bits per heavy atom. The molecule has 0 amide bonds. The van der Waals surface area contributed by atoms with Crippen LogP contribution in [0.2, 0.25) is 0 Å². The first kappa shape index (κ1) is 14.0. The van der Waals surface area contributed by atoms with Gasteiger partial charge in [-0.1, -0.05) is 0 Å². The molecule has 1 N–H and O–H groups in total. The summed E-state index contributed by atoms with van der Waals surface area (Å²) in [5, 5.41) is 13.8. The number of ether oxygens (including phenoxy) is 1. The van der Waals surface area contributed by atoms with Crippen molar-refractivity contribution in [3.05, 3.63) is 40.4 Å². The van der Waals surface area contributed by atoms with Crippen LogP contribution in [0.5, 0.6) is 5.75 Å². The van der Waals surface area contributed by atoms with E-state index in [-0.39, 0.29) is 5.69 Å². The fraction of sp³-hybridized carbons (Fsp3) is 0.308. The van der Waals surface area contributed by atoms with Gasteiger partial charge in [0.2, 0.25) is 0 Å². The number of methoxy groups -OCH3 is 1. The maximum Gasteiger partial charge on any atom is 0.273 e. The predicted octanol–water partition coefficient (Wildman–Crippen LogP) is 2.02. The Kier molecular flexibility index (Phi) is 4.31. The molecular weight excluding hydrogens is 262 g/mol. The summed E-state index contributed by atoms with van der Waals surface area (Å²) >= 11 is 0. The standard InChI is InChI=1S/C13H15N3O4/c1-14-6-5-13-15-8-12(20-13)10-4-3-9(16(17)18)7-11(10)19-2/h3-4,7-8,14H,5-6H2,1-2H3. The van der Waals surface area contributed by atoms with Gasteiger partial charge in [-0.05, 0) is 13.1 Å². The van der Waals surface area contributed by atoms with Gasteiger partial charge in [0, 0.05) is 19.0 Å². The number of aromatic nitrogens is 1. The number of nitro groups is 1. The van der Waals surface area contributed by atoms with Crippen LogP contribution in [-0.2, 0) is 6.42 Å². The minimum Gasteiger partial charge on any atom is -0.496 e. The fourth-order valence-electron chi connectivity index (χ4n) is 1.78. The average molecular weight is 277 g/mol. The summed E-state index contributed by atoms with van der Waals surface area (Å²) in [6.45, 7) is 0.761. The van der Waals surface area contributed by atoms with Crippen LogP contribution in [0.25, 0.3) is 11.3 Å². The first-order chi connectivity index (χ1) is 9.65. The third-order valence-electron chi connectivity index (χ3n) is 2.80. The summed E-state index contributed by atoms with van der Waals surface area (Å²) < 4.78 is 10.8. The number of likely N-dealkylation sites (N-methyl/N-ethyl adjacent to an activating group) is 1. The van der Waals surface area contributed by atoms with Crippen LogP contribution in [0, 0.1) is 10.1 Å². The quantitative estimate of drug-likeness (QED) is 0.641. The number of non-ortho nitro benzene ring substituents is 1. The Balaban J connectivity index is 2.32. The first-order valence-electron chi connectivity index (χ1n) is 6.07. The third-order valence-corrected chi connectivity index (χ3v) is 2.80. The molecule has 0 fully saturated rings. The molecule has 0 aliphatic carbocycles. The summed E-state index contributed by atoms with van der Waals surface area (Å²) in [5.74, 6) is 1.52. The van der Waals surface area contributed by atoms with Crippen LogP contribution in [0.4, 0.5) is 5.69 Å². The molecular formula is C13H15N3O4. The lowest BCUT2D eigenvalue weighted by Crippen LogP contribution is -2.10. The van der Waals surface area contributed by atoms with Crippen LogP contribution < -0.4 is 10.1 Å². The molecule has 0 bridgehead atoms. The molecule has 0 saturated carbocycles. The van der Waals surface area contributed by atoms with E-state index in [1.54, 1.807) is 12.3 Å². The van der Waals surface area contributed by atoms with E-state index in [0.29, 0.717) is 29.4 Å². The van der Waals surface area contributed by atoms with Gasteiger partial charge in [0.05, 0.1) is 29.9 Å². The van der Waals surface area contributed by atoms with Crippen LogP contribution >= 0.6 is 0 Å². The molecule has 2 rings (SSSR count). The first-order valence-corrected chi connectivity index (χ1v) is 6.07. The highest BCUT2D eigenvalue weighted by Crippen LogP contribution is 2.33. The number of benzene rings is 1. The molecule has 0 spiro atoms. The van der Waals surface area contributed by atoms with Crippen LogP contribution in [0.1, 0.15) is 5.89 Å². The number of hydrogen-bond donors (Lipinski definition) is 1. The molecule has 1 heterocycles. The van der Waals surface area contributed by atoms with Gasteiger partial charge in [0.15, 0.2) is 11.7 Å². The van der Waals surface area contributed by atoms with Gasteiger partial charge < -0.3 is 14.5 Å². The van der Waals surface area contributed by atoms with Crippen LogP contribution in [0.15, 0.2) is 28.8 Å². The van der Waals surface area contributed by atoms with Crippen LogP contribution in [0.3, 0.4) is 0 Å². The summed E-state index contributed by atoms with van der Waals surface area (Å²) in [6, 6.07) is 4.37. The maximum atomic E-state index is 10.7. The highest BCUT2D eigenvalue weighted by molar-refractivity contribution is 5.67. The number of hydrogen-bond acceptors (Lipinski definition) is 6. The van der Waals surface area contributed by atoms with Crippen molar-refractivity contribution >= 4 is 5.69 Å². The van der Waals surface area contributed by atoms with Crippen molar-refractivity contribution in [1.82, 2.24) is 10.3 Å². The summed E-state index contributed by atoms with van der Waals surface area (Å²) in [5.41, 5.74) is 0.613. The van der Waals surface area contributed by atoms with E-state index in [0.717, 1.165) is 6.54 Å². The van der Waals surface area contributed by atoms with E-state index >= 15 is 0 Å². The Hall–Kier alpha value is -2.41. The largest absolute Gasteiger partial charge is 0.496 e. The van der Waals surface area contributed by atoms with Crippen molar-refractivity contribution < 1.29 is 14.1 Å². The van der Waals surface area contributed by atoms with Crippen molar-refractivity contribution in [3.8, 4) is 17.1 Å². The Morgan fingerprint density at radius 2 is 2.30 bits per heavy atom. The number of oxazole rings is 1. The molecule has 7 nitrogen and oxygen atoms in total. The van der Waals surface area contributed by atoms with Crippen molar-refractivity contribution in [2.45, 2.75) is 6.42 Å². The lowest BCUT2D eigenvalue weighted by Gasteiger charge is -2.05. The number of nitrogens with zero attached hydrogens (tertiary/aromatic N) is 2. The SMILES string of the molecule is CNCCc1ncc(-c2ccc([N+](=O)[O-])cc2OC)o1. The molecule has 1 aromatic carbocycles. The zero-order chi connectivity index (χ0) is 14.5. The topological polar surface area (TPSA) is 90.4 Å². The van der Waals surface area contributed by atoms with Gasteiger partial charge in [-0.25, -0.2) is 4.98 Å². The minimum atomic E-state index is -0.467. The van der Waals surface area contributed by atoms with Gasteiger partial charge in [-0.3, -0.25) is 10.1 Å². The number of rotatable bonds is 6. The van der Waals surface area contributed by atoms with Gasteiger partial charge in [0.25, 0.3) is 5.69 Å². The summed E-state index contributed by atoms with van der Waals surface area (Å²) in [6.07, 6.45) is 2.26. The smallest absolute Gasteiger partial charge is 0.273 e. The van der Waals surface area contributed by atoms with Gasteiger partial charge in [-0.2, -0.15) is 0 Å². The normalized spacial score (nSPS) is 10.5. The van der Waals surface area contributed by atoms with Crippen LogP contribution in [-0.4, -0.2) is 30.6 Å². The molecule has 0 unspecified atom stereocenters. The van der Waals surface area contributed by atoms with Crippen molar-refractivity contribution in [1.29, 1.82) is 0 Å². The number of nitro benzene ring substituents is 1. The Bertz CT molecular complexity index is 609. The monoisotopic (exact) mass is 277 g/mol. The number of nitrogens with one attached hydrogen (secondary N) is 1. The summed E-state index contributed by atoms with van der Waals surface area (Å²) in [7, 11) is 3.31. The van der Waals surface area contributed by atoms with Crippen molar-refractivity contribution in [2.75, 3.05) is 20.7 Å². The molecule has 2 aromatic rings. The second kappa shape index (κ2) is 6.16. The van der Waals surface area contributed by atoms with Gasteiger partial charge in [-0.15, -0.1) is 0 Å². The second-order valence-corrected chi connectivity index (χ2v) is 4.11. The van der Waals surface area contributed by atoms with E-state index in [1.807, 2.05) is 7.05 Å². The van der Waals surface area contributed by atoms with Crippen molar-refractivity contribution in [3.63, 3.8) is 0 Å². The summed E-state index contributed by atoms with van der Waals surface area (Å²) in [4.78, 5) is 14.4. The predicted molar refractivity (Wildman–Crippen MR) is 72.8 cm³/mol. The second-order valence-electron chi connectivity index (χ2n) is 4.11. The van der Waals surface area contributed by atoms with Gasteiger partial charge >= 0.3 is 0 Å². The zero-order valence-corrected chi connectivity index (χ0v) is 11.3. The Labute approximate surface area is 115 Å². The third kappa shape index (κ3) is 2.94. The van der Waals surface area contributed by atoms with Gasteiger partial charge in [0.1, 0.15) is 5.75 Å². The molecule has 20 heavy (non-hydrogen) atoms. The van der Waals surface area contributed by atoms with E-state index < -0.39 is 4.92 Å². The fourth-order valence-corrected chi connectivity index (χ4v) is 1.78. The molecule has 0 radical (unpaired) electrons.